The van der Waals surface area contributed by atoms with Crippen LogP contribution in [0.3, 0.4) is 0 Å². The topological polar surface area (TPSA) is 6.48 Å². The van der Waals surface area contributed by atoms with Crippen molar-refractivity contribution in [2.45, 2.75) is 83.7 Å². The Morgan fingerprint density at radius 2 is 1.65 bits per heavy atom. The first-order valence-electron chi connectivity index (χ1n) is 11.7. The fourth-order valence-electron chi connectivity index (χ4n) is 9.51. The summed E-state index contributed by atoms with van der Waals surface area (Å²) in [5.74, 6) is 5.17. The van der Waals surface area contributed by atoms with Crippen molar-refractivity contribution in [1.82, 2.24) is 9.80 Å². The highest BCUT2D eigenvalue weighted by atomic mass is 15.2. The Kier molecular flexibility index (Phi) is 4.12. The first-order valence-corrected chi connectivity index (χ1v) is 11.7. The van der Waals surface area contributed by atoms with Gasteiger partial charge in [0.05, 0.1) is 0 Å². The molecule has 1 spiro atoms. The van der Waals surface area contributed by atoms with Gasteiger partial charge in [0.25, 0.3) is 0 Å². The maximum absolute atomic E-state index is 2.73. The Hall–Kier alpha value is -0.0800. The average molecular weight is 359 g/mol. The summed E-state index contributed by atoms with van der Waals surface area (Å²) in [4.78, 5) is 5.23. The molecule has 0 aromatic heterocycles. The minimum Gasteiger partial charge on any atom is -0.306 e. The Morgan fingerprint density at radius 3 is 2.42 bits per heavy atom. The summed E-state index contributed by atoms with van der Waals surface area (Å²) in [5.41, 5.74) is 1.37. The Labute approximate surface area is 162 Å². The summed E-state index contributed by atoms with van der Waals surface area (Å²) in [7, 11) is 7.02. The minimum absolute atomic E-state index is 0.658. The average Bonchev–Trinajstić information content (AvgIpc) is 3.08. The van der Waals surface area contributed by atoms with Crippen molar-refractivity contribution in [3.05, 3.63) is 0 Å². The van der Waals surface area contributed by atoms with Crippen LogP contribution in [0.4, 0.5) is 0 Å². The highest BCUT2D eigenvalue weighted by Gasteiger charge is 2.64. The first kappa shape index (κ1) is 18.0. The van der Waals surface area contributed by atoms with Crippen molar-refractivity contribution in [2.75, 3.05) is 27.7 Å². The van der Waals surface area contributed by atoms with Crippen LogP contribution in [-0.4, -0.2) is 49.6 Å². The molecule has 0 aromatic carbocycles. The number of rotatable bonds is 1. The van der Waals surface area contributed by atoms with Gasteiger partial charge < -0.3 is 9.80 Å². The van der Waals surface area contributed by atoms with Gasteiger partial charge in [0.1, 0.15) is 0 Å². The van der Waals surface area contributed by atoms with E-state index in [2.05, 4.69) is 44.8 Å². The molecule has 5 fully saturated rings. The summed E-state index contributed by atoms with van der Waals surface area (Å²) < 4.78 is 0. The van der Waals surface area contributed by atoms with Gasteiger partial charge in [-0.2, -0.15) is 0 Å². The third-order valence-corrected chi connectivity index (χ3v) is 11.0. The normalized spacial score (nSPS) is 56.8. The number of hydrogen-bond donors (Lipinski definition) is 0. The molecular weight excluding hydrogens is 316 g/mol. The largest absolute Gasteiger partial charge is 0.306 e. The van der Waals surface area contributed by atoms with Gasteiger partial charge >= 0.3 is 0 Å². The van der Waals surface area contributed by atoms with Gasteiger partial charge in [-0.05, 0) is 126 Å². The predicted molar refractivity (Wildman–Crippen MR) is 109 cm³/mol. The Morgan fingerprint density at radius 1 is 0.885 bits per heavy atom. The molecule has 26 heavy (non-hydrogen) atoms. The van der Waals surface area contributed by atoms with Gasteiger partial charge in [-0.1, -0.05) is 6.92 Å². The molecule has 1 saturated heterocycles. The summed E-state index contributed by atoms with van der Waals surface area (Å²) in [6, 6.07) is 1.68. The van der Waals surface area contributed by atoms with E-state index in [9.17, 15) is 0 Å². The third kappa shape index (κ3) is 2.24. The van der Waals surface area contributed by atoms with Crippen molar-refractivity contribution < 1.29 is 0 Å². The van der Waals surface area contributed by atoms with E-state index >= 15 is 0 Å². The third-order valence-electron chi connectivity index (χ3n) is 11.0. The fourth-order valence-corrected chi connectivity index (χ4v) is 9.51. The van der Waals surface area contributed by atoms with E-state index in [-0.39, 0.29) is 0 Å². The highest BCUT2D eigenvalue weighted by molar-refractivity contribution is 5.15. The zero-order valence-corrected chi connectivity index (χ0v) is 18.0. The molecule has 148 valence electrons. The minimum atomic E-state index is 0.658. The standard InChI is InChI=1S/C24H42N2/c1-16-20-8-9-22-19-7-6-17-14-18(25(3)4)10-12-23(17,2)21(19)11-13-24(20,22)15-26(16)5/h16-22H,6-15H2,1-5H3/t16-,17-,18-,19+,20-,21+,22-,23-,24+/m1/s1. The molecule has 1 aliphatic heterocycles. The van der Waals surface area contributed by atoms with E-state index in [1.165, 1.54) is 38.6 Å². The lowest BCUT2D eigenvalue weighted by molar-refractivity contribution is -0.118. The van der Waals surface area contributed by atoms with E-state index < -0.39 is 0 Å². The molecule has 2 nitrogen and oxygen atoms in total. The van der Waals surface area contributed by atoms with E-state index in [4.69, 9.17) is 0 Å². The van der Waals surface area contributed by atoms with Crippen LogP contribution in [0.1, 0.15) is 71.6 Å². The van der Waals surface area contributed by atoms with Gasteiger partial charge in [-0.15, -0.1) is 0 Å². The zero-order valence-electron chi connectivity index (χ0n) is 18.0. The molecule has 0 bridgehead atoms. The molecule has 1 heterocycles. The van der Waals surface area contributed by atoms with Crippen LogP contribution < -0.4 is 0 Å². The SMILES string of the molecule is C[C@@H]1[C@H]2CC[C@@H]3[C@H]4CC[C@@H]5C[C@H](N(C)C)CC[C@@]5(C)[C@H]4CC[C@@]32CN1C. The second-order valence-electron chi connectivity index (χ2n) is 11.7. The quantitative estimate of drug-likeness (QED) is 0.658. The van der Waals surface area contributed by atoms with Gasteiger partial charge in [0.2, 0.25) is 0 Å². The predicted octanol–water partition coefficient (Wildman–Crippen LogP) is 4.89. The monoisotopic (exact) mass is 358 g/mol. The molecule has 4 aliphatic carbocycles. The van der Waals surface area contributed by atoms with Crippen LogP contribution in [0.5, 0.6) is 0 Å². The summed E-state index contributed by atoms with van der Waals surface area (Å²) in [6.45, 7) is 6.67. The molecule has 2 heteroatoms. The van der Waals surface area contributed by atoms with Crippen LogP contribution in [-0.2, 0) is 0 Å². The summed E-state index contributed by atoms with van der Waals surface area (Å²) >= 11 is 0. The molecule has 5 aliphatic rings. The molecule has 0 amide bonds. The number of nitrogens with zero attached hydrogens (tertiary/aromatic N) is 2. The van der Waals surface area contributed by atoms with E-state index in [0.29, 0.717) is 10.8 Å². The molecule has 0 N–H and O–H groups in total. The molecule has 9 atom stereocenters. The first-order chi connectivity index (χ1) is 12.4. The lowest BCUT2D eigenvalue weighted by Gasteiger charge is -2.61. The van der Waals surface area contributed by atoms with E-state index in [1.54, 1.807) is 25.7 Å². The van der Waals surface area contributed by atoms with Crippen LogP contribution >= 0.6 is 0 Å². The fraction of sp³-hybridized carbons (Fsp3) is 1.00. The van der Waals surface area contributed by atoms with Crippen LogP contribution in [0, 0.1) is 40.4 Å². The molecule has 5 rings (SSSR count). The second kappa shape index (κ2) is 5.96. The van der Waals surface area contributed by atoms with Crippen molar-refractivity contribution in [3.63, 3.8) is 0 Å². The molecular formula is C24H42N2. The second-order valence-corrected chi connectivity index (χ2v) is 11.7. The Balaban J connectivity index is 1.41. The van der Waals surface area contributed by atoms with E-state index in [0.717, 1.165) is 41.7 Å². The van der Waals surface area contributed by atoms with Crippen LogP contribution in [0.25, 0.3) is 0 Å². The maximum Gasteiger partial charge on any atom is 0.00982 e. The summed E-state index contributed by atoms with van der Waals surface area (Å²) in [5, 5.41) is 0. The van der Waals surface area contributed by atoms with Crippen molar-refractivity contribution in [1.29, 1.82) is 0 Å². The summed E-state index contributed by atoms with van der Waals surface area (Å²) in [6.07, 6.45) is 13.7. The number of likely N-dealkylation sites (tertiary alicyclic amines) is 1. The number of fused-ring (bicyclic) bond motifs is 4. The van der Waals surface area contributed by atoms with Crippen molar-refractivity contribution >= 4 is 0 Å². The number of hydrogen-bond acceptors (Lipinski definition) is 2. The maximum atomic E-state index is 2.73. The van der Waals surface area contributed by atoms with Gasteiger partial charge in [0, 0.05) is 18.6 Å². The zero-order chi connectivity index (χ0) is 18.3. The van der Waals surface area contributed by atoms with Gasteiger partial charge in [0.15, 0.2) is 0 Å². The van der Waals surface area contributed by atoms with Crippen LogP contribution in [0.2, 0.25) is 0 Å². The lowest BCUT2D eigenvalue weighted by Crippen LogP contribution is -2.55. The van der Waals surface area contributed by atoms with Crippen molar-refractivity contribution in [2.24, 2.45) is 40.4 Å². The highest BCUT2D eigenvalue weighted by Crippen LogP contribution is 2.69. The molecule has 0 aromatic rings. The molecule has 4 saturated carbocycles. The molecule has 0 radical (unpaired) electrons. The molecule has 0 unspecified atom stereocenters. The van der Waals surface area contributed by atoms with Gasteiger partial charge in [-0.25, -0.2) is 0 Å². The van der Waals surface area contributed by atoms with Gasteiger partial charge in [-0.3, -0.25) is 0 Å². The Bertz CT molecular complexity index is 558. The smallest absolute Gasteiger partial charge is 0.00982 e. The van der Waals surface area contributed by atoms with E-state index in [1.807, 2.05) is 0 Å². The van der Waals surface area contributed by atoms with Crippen molar-refractivity contribution in [3.8, 4) is 0 Å². The van der Waals surface area contributed by atoms with Crippen LogP contribution in [0.15, 0.2) is 0 Å². The lowest BCUT2D eigenvalue weighted by atomic mass is 9.44.